The first-order valence-corrected chi connectivity index (χ1v) is 8.35. The summed E-state index contributed by atoms with van der Waals surface area (Å²) >= 11 is 1.41. The molecule has 0 aliphatic heterocycles. The maximum absolute atomic E-state index is 12.6. The summed E-state index contributed by atoms with van der Waals surface area (Å²) in [5.74, 6) is -0.753. The number of anilines is 1. The zero-order valence-corrected chi connectivity index (χ0v) is 14.7. The fourth-order valence-electron chi connectivity index (χ4n) is 2.38. The quantitative estimate of drug-likeness (QED) is 0.750. The second kappa shape index (κ2) is 6.48. The average molecular weight is 356 g/mol. The molecule has 8 heteroatoms. The Labute approximate surface area is 147 Å². The van der Waals surface area contributed by atoms with E-state index >= 15 is 0 Å². The number of aryl methyl sites for hydroxylation is 2. The lowest BCUT2D eigenvalue weighted by molar-refractivity contribution is 0.0962. The van der Waals surface area contributed by atoms with Crippen LogP contribution in [0.15, 0.2) is 35.3 Å². The normalized spacial score (nSPS) is 10.7. The maximum Gasteiger partial charge on any atom is 0.271 e. The zero-order chi connectivity index (χ0) is 18.1. The summed E-state index contributed by atoms with van der Waals surface area (Å²) in [5.41, 5.74) is 1.32. The lowest BCUT2D eigenvalue weighted by atomic mass is 10.2. The van der Waals surface area contributed by atoms with Gasteiger partial charge in [0.15, 0.2) is 4.96 Å². The Morgan fingerprint density at radius 1 is 1.12 bits per heavy atom. The molecule has 0 aliphatic carbocycles. The van der Waals surface area contributed by atoms with Crippen molar-refractivity contribution >= 4 is 33.8 Å². The minimum Gasteiger partial charge on any atom is -0.355 e. The van der Waals surface area contributed by atoms with Crippen LogP contribution in [0.5, 0.6) is 0 Å². The molecule has 25 heavy (non-hydrogen) atoms. The summed E-state index contributed by atoms with van der Waals surface area (Å²) in [7, 11) is 1.54. The fourth-order valence-corrected chi connectivity index (χ4v) is 3.31. The number of nitrogens with one attached hydrogen (secondary N) is 2. The number of thiazole rings is 1. The number of amides is 2. The van der Waals surface area contributed by atoms with Crippen LogP contribution in [0.4, 0.5) is 5.69 Å². The van der Waals surface area contributed by atoms with Crippen LogP contribution in [-0.4, -0.2) is 28.2 Å². The number of hydrogen-bond acceptors (Lipinski definition) is 5. The standard InChI is InChI=1S/C17H16N4O3S/c1-9-10(2)25-17-19-8-13(16(24)21(9)17)15(23)20-12-6-4-11(5-7-12)14(22)18-3/h4-8H,1-3H3,(H,18,22)(H,20,23). The van der Waals surface area contributed by atoms with E-state index in [-0.39, 0.29) is 11.5 Å². The molecular formula is C17H16N4O3S. The number of carbonyl (C=O) groups excluding carboxylic acids is 2. The second-order valence-electron chi connectivity index (χ2n) is 5.45. The summed E-state index contributed by atoms with van der Waals surface area (Å²) in [4.78, 5) is 42.3. The number of nitrogens with zero attached hydrogens (tertiary/aromatic N) is 2. The third-order valence-electron chi connectivity index (χ3n) is 3.89. The molecule has 0 saturated carbocycles. The molecule has 0 atom stereocenters. The first-order valence-electron chi connectivity index (χ1n) is 7.53. The van der Waals surface area contributed by atoms with Crippen molar-refractivity contribution in [3.63, 3.8) is 0 Å². The number of hydrogen-bond donors (Lipinski definition) is 2. The van der Waals surface area contributed by atoms with Crippen molar-refractivity contribution in [2.24, 2.45) is 0 Å². The van der Waals surface area contributed by atoms with Crippen LogP contribution in [0.2, 0.25) is 0 Å². The van der Waals surface area contributed by atoms with Gasteiger partial charge in [-0.15, -0.1) is 11.3 Å². The van der Waals surface area contributed by atoms with E-state index in [2.05, 4.69) is 15.6 Å². The van der Waals surface area contributed by atoms with Crippen molar-refractivity contribution in [1.82, 2.24) is 14.7 Å². The van der Waals surface area contributed by atoms with E-state index in [1.54, 1.807) is 31.3 Å². The summed E-state index contributed by atoms with van der Waals surface area (Å²) in [6.07, 6.45) is 1.29. The first-order chi connectivity index (χ1) is 11.9. The van der Waals surface area contributed by atoms with Gasteiger partial charge in [0.25, 0.3) is 17.4 Å². The first kappa shape index (κ1) is 16.8. The number of rotatable bonds is 3. The van der Waals surface area contributed by atoms with Crippen LogP contribution in [0.3, 0.4) is 0 Å². The Hall–Kier alpha value is -3.00. The number of fused-ring (bicyclic) bond motifs is 1. The molecule has 0 unspecified atom stereocenters. The Morgan fingerprint density at radius 2 is 1.80 bits per heavy atom. The van der Waals surface area contributed by atoms with Gasteiger partial charge in [0.1, 0.15) is 5.56 Å². The summed E-state index contributed by atoms with van der Waals surface area (Å²) in [6.45, 7) is 3.73. The molecule has 2 N–H and O–H groups in total. The summed E-state index contributed by atoms with van der Waals surface area (Å²) in [6, 6.07) is 6.39. The van der Waals surface area contributed by atoms with E-state index in [0.29, 0.717) is 16.2 Å². The van der Waals surface area contributed by atoms with Crippen molar-refractivity contribution in [3.05, 3.63) is 62.5 Å². The monoisotopic (exact) mass is 356 g/mol. The predicted octanol–water partition coefficient (Wildman–Crippen LogP) is 1.98. The van der Waals surface area contributed by atoms with Crippen molar-refractivity contribution in [2.45, 2.75) is 13.8 Å². The molecule has 0 fully saturated rings. The smallest absolute Gasteiger partial charge is 0.271 e. The largest absolute Gasteiger partial charge is 0.355 e. The van der Waals surface area contributed by atoms with Crippen LogP contribution >= 0.6 is 11.3 Å². The zero-order valence-electron chi connectivity index (χ0n) is 13.9. The van der Waals surface area contributed by atoms with E-state index in [4.69, 9.17) is 0 Å². The number of aromatic nitrogens is 2. The summed E-state index contributed by atoms with van der Waals surface area (Å²) < 4.78 is 1.45. The molecular weight excluding hydrogens is 340 g/mol. The highest BCUT2D eigenvalue weighted by atomic mass is 32.1. The van der Waals surface area contributed by atoms with Crippen molar-refractivity contribution < 1.29 is 9.59 Å². The Bertz CT molecular complexity index is 1030. The molecule has 0 spiro atoms. The van der Waals surface area contributed by atoms with Crippen molar-refractivity contribution in [2.75, 3.05) is 12.4 Å². The van der Waals surface area contributed by atoms with Gasteiger partial charge in [-0.25, -0.2) is 4.98 Å². The van der Waals surface area contributed by atoms with Gasteiger partial charge in [0.2, 0.25) is 0 Å². The number of benzene rings is 1. The van der Waals surface area contributed by atoms with Crippen LogP contribution in [0.1, 0.15) is 31.3 Å². The highest BCUT2D eigenvalue weighted by molar-refractivity contribution is 7.17. The van der Waals surface area contributed by atoms with E-state index < -0.39 is 11.5 Å². The lowest BCUT2D eigenvalue weighted by Crippen LogP contribution is -2.26. The number of carbonyl (C=O) groups is 2. The SMILES string of the molecule is CNC(=O)c1ccc(NC(=O)c2cnc3sc(C)c(C)n3c2=O)cc1. The molecule has 0 bridgehead atoms. The Kier molecular flexibility index (Phi) is 4.37. The van der Waals surface area contributed by atoms with Gasteiger partial charge in [-0.1, -0.05) is 0 Å². The highest BCUT2D eigenvalue weighted by Crippen LogP contribution is 2.18. The van der Waals surface area contributed by atoms with Crippen LogP contribution in [0.25, 0.3) is 4.96 Å². The minimum atomic E-state index is -0.539. The Balaban J connectivity index is 1.90. The summed E-state index contributed by atoms with van der Waals surface area (Å²) in [5, 5.41) is 5.18. The fraction of sp³-hybridized carbons (Fsp3) is 0.176. The molecule has 0 saturated heterocycles. The van der Waals surface area contributed by atoms with Gasteiger partial charge in [-0.2, -0.15) is 0 Å². The molecule has 7 nitrogen and oxygen atoms in total. The van der Waals surface area contributed by atoms with Gasteiger partial charge in [0, 0.05) is 35.1 Å². The molecule has 0 aliphatic rings. The third kappa shape index (κ3) is 3.03. The molecule has 128 valence electrons. The Morgan fingerprint density at radius 3 is 2.44 bits per heavy atom. The van der Waals surface area contributed by atoms with Gasteiger partial charge in [-0.3, -0.25) is 18.8 Å². The van der Waals surface area contributed by atoms with Crippen LogP contribution in [-0.2, 0) is 0 Å². The molecule has 2 amide bonds. The van der Waals surface area contributed by atoms with Crippen LogP contribution in [0, 0.1) is 13.8 Å². The van der Waals surface area contributed by atoms with E-state index in [1.165, 1.54) is 21.9 Å². The predicted molar refractivity (Wildman–Crippen MR) is 96.6 cm³/mol. The molecule has 2 heterocycles. The van der Waals surface area contributed by atoms with Crippen molar-refractivity contribution in [1.29, 1.82) is 0 Å². The van der Waals surface area contributed by atoms with Gasteiger partial charge < -0.3 is 10.6 Å². The topological polar surface area (TPSA) is 92.6 Å². The minimum absolute atomic E-state index is 0.0335. The van der Waals surface area contributed by atoms with E-state index in [1.807, 2.05) is 13.8 Å². The molecule has 3 rings (SSSR count). The molecule has 1 aromatic carbocycles. The lowest BCUT2D eigenvalue weighted by Gasteiger charge is -2.06. The molecule has 2 aromatic heterocycles. The van der Waals surface area contributed by atoms with Gasteiger partial charge >= 0.3 is 0 Å². The van der Waals surface area contributed by atoms with Gasteiger partial charge in [-0.05, 0) is 38.1 Å². The van der Waals surface area contributed by atoms with Crippen LogP contribution < -0.4 is 16.2 Å². The third-order valence-corrected chi connectivity index (χ3v) is 4.97. The van der Waals surface area contributed by atoms with E-state index in [9.17, 15) is 14.4 Å². The average Bonchev–Trinajstić information content (AvgIpc) is 2.90. The maximum atomic E-state index is 12.6. The highest BCUT2D eigenvalue weighted by Gasteiger charge is 2.17. The molecule has 0 radical (unpaired) electrons. The van der Waals surface area contributed by atoms with Gasteiger partial charge in [0.05, 0.1) is 0 Å². The van der Waals surface area contributed by atoms with Crippen molar-refractivity contribution in [3.8, 4) is 0 Å². The second-order valence-corrected chi connectivity index (χ2v) is 6.63. The molecule has 3 aromatic rings. The van der Waals surface area contributed by atoms with E-state index in [0.717, 1.165) is 10.6 Å².